The Hall–Kier alpha value is -0.698. The first kappa shape index (κ1) is 15.3. The second-order valence-electron chi connectivity index (χ2n) is 2.78. The van der Waals surface area contributed by atoms with Gasteiger partial charge in [0.1, 0.15) is 0 Å². The van der Waals surface area contributed by atoms with Gasteiger partial charge in [0, 0.05) is 21.3 Å². The van der Waals surface area contributed by atoms with Crippen molar-refractivity contribution in [1.29, 1.82) is 0 Å². The second kappa shape index (κ2) is 9.52. The molecule has 0 bridgehead atoms. The number of benzene rings is 1. The lowest BCUT2D eigenvalue weighted by molar-refractivity contribution is 0.163. The summed E-state index contributed by atoms with van der Waals surface area (Å²) in [6, 6.07) is 8.66. The Morgan fingerprint density at radius 1 is 0.938 bits per heavy atom. The van der Waals surface area contributed by atoms with Crippen molar-refractivity contribution in [3.05, 3.63) is 30.3 Å². The fraction of sp³-hybridized carbons (Fsp3) is 0.333. The lowest BCUT2D eigenvalue weighted by atomic mass is 9.81. The highest BCUT2D eigenvalue weighted by Crippen LogP contribution is 1.82. The molecule has 0 aromatic heterocycles. The van der Waals surface area contributed by atoms with E-state index in [1.807, 2.05) is 6.07 Å². The molecular weight excluding hydrogens is 227 g/mol. The van der Waals surface area contributed by atoms with Crippen molar-refractivity contribution in [2.24, 2.45) is 0 Å². The van der Waals surface area contributed by atoms with Gasteiger partial charge in [-0.2, -0.15) is 0 Å². The molecular formula is C9H17BO5Si. The predicted molar refractivity (Wildman–Crippen MR) is 64.4 cm³/mol. The van der Waals surface area contributed by atoms with E-state index in [4.69, 9.17) is 23.3 Å². The van der Waals surface area contributed by atoms with Crippen molar-refractivity contribution in [2.75, 3.05) is 21.3 Å². The summed E-state index contributed by atoms with van der Waals surface area (Å²) in [5.41, 5.74) is 0.525. The van der Waals surface area contributed by atoms with Crippen LogP contribution < -0.4 is 5.46 Å². The van der Waals surface area contributed by atoms with Crippen LogP contribution in [0.2, 0.25) is 0 Å². The van der Waals surface area contributed by atoms with Gasteiger partial charge in [-0.25, -0.2) is 0 Å². The van der Waals surface area contributed by atoms with Crippen molar-refractivity contribution >= 4 is 22.1 Å². The van der Waals surface area contributed by atoms with E-state index in [-0.39, 0.29) is 0 Å². The number of rotatable bonds is 4. The molecule has 1 aromatic carbocycles. The van der Waals surface area contributed by atoms with Crippen LogP contribution in [0.1, 0.15) is 0 Å². The predicted octanol–water partition coefficient (Wildman–Crippen LogP) is -0.991. The van der Waals surface area contributed by atoms with E-state index < -0.39 is 16.6 Å². The van der Waals surface area contributed by atoms with Crippen molar-refractivity contribution in [3.8, 4) is 0 Å². The Morgan fingerprint density at radius 2 is 1.38 bits per heavy atom. The molecule has 0 fully saturated rings. The lowest BCUT2D eigenvalue weighted by Gasteiger charge is -2.05. The highest BCUT2D eigenvalue weighted by molar-refractivity contribution is 6.58. The maximum absolute atomic E-state index is 8.58. The Kier molecular flexibility index (Phi) is 9.11. The van der Waals surface area contributed by atoms with Crippen LogP contribution in [0.3, 0.4) is 0 Å². The summed E-state index contributed by atoms with van der Waals surface area (Å²) in [4.78, 5) is 0. The van der Waals surface area contributed by atoms with Gasteiger partial charge in [-0.05, 0) is 5.46 Å². The first-order valence-corrected chi connectivity index (χ1v) is 6.06. The van der Waals surface area contributed by atoms with E-state index in [0.29, 0.717) is 5.46 Å². The van der Waals surface area contributed by atoms with Crippen molar-refractivity contribution in [2.45, 2.75) is 0 Å². The molecule has 16 heavy (non-hydrogen) atoms. The molecule has 0 aliphatic rings. The first-order valence-electron chi connectivity index (χ1n) is 4.65. The smallest absolute Gasteiger partial charge is 0.423 e. The fourth-order valence-corrected chi connectivity index (χ4v) is 1.49. The van der Waals surface area contributed by atoms with Crippen LogP contribution in [-0.2, 0) is 13.3 Å². The van der Waals surface area contributed by atoms with E-state index >= 15 is 0 Å². The van der Waals surface area contributed by atoms with Crippen LogP contribution in [0.15, 0.2) is 30.3 Å². The standard InChI is InChI=1S/C6H7BO2.C3H10O3Si/c8-7(9)6-4-2-1-3-5-6;1-4-7(5-2)6-3/h1-5,8-9H;7H,1-3H3. The van der Waals surface area contributed by atoms with E-state index in [2.05, 4.69) is 0 Å². The zero-order valence-electron chi connectivity index (χ0n) is 9.66. The van der Waals surface area contributed by atoms with E-state index in [0.717, 1.165) is 0 Å². The summed E-state index contributed by atoms with van der Waals surface area (Å²) in [6.45, 7) is 0. The van der Waals surface area contributed by atoms with Crippen LogP contribution in [-0.4, -0.2) is 48.0 Å². The monoisotopic (exact) mass is 244 g/mol. The van der Waals surface area contributed by atoms with Gasteiger partial charge in [-0.3, -0.25) is 0 Å². The molecule has 5 nitrogen and oxygen atoms in total. The highest BCUT2D eigenvalue weighted by Gasteiger charge is 2.07. The van der Waals surface area contributed by atoms with E-state index in [1.54, 1.807) is 45.6 Å². The topological polar surface area (TPSA) is 68.2 Å². The summed E-state index contributed by atoms with van der Waals surface area (Å²) < 4.78 is 14.2. The molecule has 2 N–H and O–H groups in total. The molecule has 0 aliphatic heterocycles. The van der Waals surface area contributed by atoms with Gasteiger partial charge in [-0.1, -0.05) is 30.3 Å². The average Bonchev–Trinajstić information content (AvgIpc) is 2.33. The number of hydrogen-bond donors (Lipinski definition) is 2. The molecule has 0 amide bonds. The summed E-state index contributed by atoms with van der Waals surface area (Å²) in [7, 11) is 1.71. The van der Waals surface area contributed by atoms with E-state index in [9.17, 15) is 0 Å². The normalized spacial score (nSPS) is 9.62. The van der Waals surface area contributed by atoms with Crippen molar-refractivity contribution in [3.63, 3.8) is 0 Å². The molecule has 1 rings (SSSR count). The summed E-state index contributed by atoms with van der Waals surface area (Å²) in [6.07, 6.45) is 0. The van der Waals surface area contributed by atoms with Crippen LogP contribution in [0.25, 0.3) is 0 Å². The van der Waals surface area contributed by atoms with Gasteiger partial charge in [0.05, 0.1) is 0 Å². The summed E-state index contributed by atoms with van der Waals surface area (Å²) in [5, 5.41) is 17.2. The van der Waals surface area contributed by atoms with Crippen LogP contribution in [0.5, 0.6) is 0 Å². The van der Waals surface area contributed by atoms with Crippen molar-refractivity contribution in [1.82, 2.24) is 0 Å². The third kappa shape index (κ3) is 6.72. The van der Waals surface area contributed by atoms with Gasteiger partial charge in [-0.15, -0.1) is 0 Å². The SMILES string of the molecule is CO[SiH](OC)OC.OB(O)c1ccccc1. The summed E-state index contributed by atoms with van der Waals surface area (Å²) >= 11 is 0. The minimum atomic E-state index is -1.67. The van der Waals surface area contributed by atoms with Crippen molar-refractivity contribution < 1.29 is 23.3 Å². The molecule has 0 unspecified atom stereocenters. The lowest BCUT2D eigenvalue weighted by Crippen LogP contribution is -2.29. The average molecular weight is 244 g/mol. The first-order chi connectivity index (χ1) is 7.65. The fourth-order valence-electron chi connectivity index (χ4n) is 0.914. The molecule has 0 aliphatic carbocycles. The van der Waals surface area contributed by atoms with Gasteiger partial charge >= 0.3 is 16.6 Å². The minimum absolute atomic E-state index is 0.525. The molecule has 0 radical (unpaired) electrons. The summed E-state index contributed by atoms with van der Waals surface area (Å²) in [5.74, 6) is 0. The van der Waals surface area contributed by atoms with Crippen LogP contribution in [0, 0.1) is 0 Å². The molecule has 0 atom stereocenters. The molecule has 7 heteroatoms. The molecule has 90 valence electrons. The minimum Gasteiger partial charge on any atom is -0.423 e. The highest BCUT2D eigenvalue weighted by atomic mass is 28.3. The van der Waals surface area contributed by atoms with Gasteiger partial charge < -0.3 is 23.3 Å². The zero-order chi connectivity index (χ0) is 12.4. The molecule has 1 aromatic rings. The molecule has 0 saturated carbocycles. The Labute approximate surface area is 97.7 Å². The second-order valence-corrected chi connectivity index (χ2v) is 4.77. The third-order valence-corrected chi connectivity index (χ3v) is 2.83. The van der Waals surface area contributed by atoms with Crippen LogP contribution in [0.4, 0.5) is 0 Å². The quantitative estimate of drug-likeness (QED) is 0.665. The third-order valence-electron chi connectivity index (χ3n) is 1.68. The van der Waals surface area contributed by atoms with Crippen LogP contribution >= 0.6 is 0 Å². The Morgan fingerprint density at radius 3 is 1.56 bits per heavy atom. The molecule has 0 saturated heterocycles. The molecule has 0 heterocycles. The van der Waals surface area contributed by atoms with E-state index in [1.165, 1.54) is 0 Å². The maximum Gasteiger partial charge on any atom is 0.488 e. The zero-order valence-corrected chi connectivity index (χ0v) is 10.8. The number of hydrogen-bond acceptors (Lipinski definition) is 5. The maximum atomic E-state index is 8.58. The van der Waals surface area contributed by atoms with Gasteiger partial charge in [0.25, 0.3) is 0 Å². The Balaban J connectivity index is 0.000000293. The van der Waals surface area contributed by atoms with Gasteiger partial charge in [0.15, 0.2) is 0 Å². The molecule has 0 spiro atoms. The Bertz CT molecular complexity index is 250. The largest absolute Gasteiger partial charge is 0.488 e. The van der Waals surface area contributed by atoms with Gasteiger partial charge in [0.2, 0.25) is 0 Å².